The molecule has 1 N–H and O–H groups in total. The second kappa shape index (κ2) is 5.02. The van der Waals surface area contributed by atoms with Gasteiger partial charge in [-0.1, -0.05) is 35.1 Å². The highest BCUT2D eigenvalue weighted by molar-refractivity contribution is 7.22. The van der Waals surface area contributed by atoms with Crippen molar-refractivity contribution in [1.82, 2.24) is 4.98 Å². The number of carbonyl (C=O) groups excluding carboxylic acids is 1. The number of anilines is 1. The second-order valence-corrected chi connectivity index (χ2v) is 5.45. The van der Waals surface area contributed by atoms with Gasteiger partial charge < -0.3 is 0 Å². The molecule has 0 aliphatic rings. The Morgan fingerprint density at radius 3 is 2.85 bits per heavy atom. The molecule has 0 aliphatic carbocycles. The van der Waals surface area contributed by atoms with Crippen LogP contribution in [0.1, 0.15) is 15.9 Å². The van der Waals surface area contributed by atoms with E-state index in [0.717, 1.165) is 15.8 Å². The molecular formula is C15H11FN2OS. The SMILES string of the molecule is Cc1ccc(F)c(C(=O)Nc2nc3ccccc3s2)c1. The van der Waals surface area contributed by atoms with Gasteiger partial charge in [0.15, 0.2) is 5.13 Å². The zero-order valence-corrected chi connectivity index (χ0v) is 11.5. The van der Waals surface area contributed by atoms with Crippen molar-refractivity contribution in [2.24, 2.45) is 0 Å². The van der Waals surface area contributed by atoms with Crippen LogP contribution in [0.5, 0.6) is 0 Å². The summed E-state index contributed by atoms with van der Waals surface area (Å²) in [7, 11) is 0. The minimum absolute atomic E-state index is 0.0317. The molecule has 20 heavy (non-hydrogen) atoms. The molecule has 0 saturated carbocycles. The van der Waals surface area contributed by atoms with Gasteiger partial charge in [-0.3, -0.25) is 10.1 Å². The number of nitrogens with zero attached hydrogens (tertiary/aromatic N) is 1. The minimum Gasteiger partial charge on any atom is -0.298 e. The van der Waals surface area contributed by atoms with Gasteiger partial charge in [-0.15, -0.1) is 0 Å². The molecule has 0 bridgehead atoms. The molecule has 2 aromatic carbocycles. The van der Waals surface area contributed by atoms with Gasteiger partial charge >= 0.3 is 0 Å². The lowest BCUT2D eigenvalue weighted by molar-refractivity contribution is 0.102. The molecule has 5 heteroatoms. The van der Waals surface area contributed by atoms with Crippen LogP contribution in [-0.4, -0.2) is 10.9 Å². The Bertz CT molecular complexity index is 764. The Morgan fingerprint density at radius 2 is 2.05 bits per heavy atom. The van der Waals surface area contributed by atoms with Gasteiger partial charge in [0.2, 0.25) is 0 Å². The maximum Gasteiger partial charge on any atom is 0.260 e. The molecule has 3 rings (SSSR count). The van der Waals surface area contributed by atoms with Crippen LogP contribution < -0.4 is 5.32 Å². The quantitative estimate of drug-likeness (QED) is 0.773. The molecule has 1 aromatic heterocycles. The minimum atomic E-state index is -0.533. The standard InChI is InChI=1S/C15H11FN2OS/c1-9-6-7-11(16)10(8-9)14(19)18-15-17-12-4-2-3-5-13(12)20-15/h2-8H,1H3,(H,17,18,19). The zero-order valence-electron chi connectivity index (χ0n) is 10.7. The number of aryl methyl sites for hydroxylation is 1. The third kappa shape index (κ3) is 2.40. The van der Waals surface area contributed by atoms with Crippen LogP contribution in [0, 0.1) is 12.7 Å². The summed E-state index contributed by atoms with van der Waals surface area (Å²) in [6.45, 7) is 1.81. The summed E-state index contributed by atoms with van der Waals surface area (Å²) in [6.07, 6.45) is 0. The van der Waals surface area contributed by atoms with Crippen LogP contribution in [0.15, 0.2) is 42.5 Å². The normalized spacial score (nSPS) is 10.7. The lowest BCUT2D eigenvalue weighted by atomic mass is 10.1. The number of rotatable bonds is 2. The lowest BCUT2D eigenvalue weighted by Crippen LogP contribution is -2.13. The summed E-state index contributed by atoms with van der Waals surface area (Å²) in [5.41, 5.74) is 1.68. The van der Waals surface area contributed by atoms with E-state index in [-0.39, 0.29) is 5.56 Å². The number of fused-ring (bicyclic) bond motifs is 1. The largest absolute Gasteiger partial charge is 0.298 e. The van der Waals surface area contributed by atoms with E-state index in [0.29, 0.717) is 5.13 Å². The van der Waals surface area contributed by atoms with Crippen molar-refractivity contribution in [3.8, 4) is 0 Å². The number of para-hydroxylation sites is 1. The summed E-state index contributed by atoms with van der Waals surface area (Å²) >= 11 is 1.36. The maximum absolute atomic E-state index is 13.6. The maximum atomic E-state index is 13.6. The van der Waals surface area contributed by atoms with Crippen molar-refractivity contribution in [2.75, 3.05) is 5.32 Å². The Kier molecular flexibility index (Phi) is 3.20. The van der Waals surface area contributed by atoms with Crippen LogP contribution in [0.3, 0.4) is 0 Å². The number of aromatic nitrogens is 1. The van der Waals surface area contributed by atoms with Crippen LogP contribution in [0.2, 0.25) is 0 Å². The van der Waals surface area contributed by atoms with E-state index in [1.807, 2.05) is 31.2 Å². The molecule has 0 saturated heterocycles. The monoisotopic (exact) mass is 286 g/mol. The van der Waals surface area contributed by atoms with Crippen molar-refractivity contribution >= 4 is 32.6 Å². The summed E-state index contributed by atoms with van der Waals surface area (Å²) in [5, 5.41) is 3.11. The summed E-state index contributed by atoms with van der Waals surface area (Å²) in [6, 6.07) is 12.0. The third-order valence-corrected chi connectivity index (χ3v) is 3.83. The molecule has 3 nitrogen and oxygen atoms in total. The van der Waals surface area contributed by atoms with Gasteiger partial charge in [-0.2, -0.15) is 0 Å². The van der Waals surface area contributed by atoms with E-state index in [1.165, 1.54) is 23.5 Å². The first-order valence-corrected chi connectivity index (χ1v) is 6.88. The van der Waals surface area contributed by atoms with Crippen LogP contribution >= 0.6 is 11.3 Å². The summed E-state index contributed by atoms with van der Waals surface area (Å²) in [4.78, 5) is 16.4. The lowest BCUT2D eigenvalue weighted by Gasteiger charge is -2.04. The van der Waals surface area contributed by atoms with Gasteiger partial charge in [0.25, 0.3) is 5.91 Å². The average molecular weight is 286 g/mol. The number of thiazole rings is 1. The Labute approximate surface area is 119 Å². The molecule has 0 radical (unpaired) electrons. The Morgan fingerprint density at radius 1 is 1.25 bits per heavy atom. The topological polar surface area (TPSA) is 42.0 Å². The smallest absolute Gasteiger partial charge is 0.260 e. The van der Waals surface area contributed by atoms with Gasteiger partial charge in [-0.05, 0) is 31.2 Å². The van der Waals surface area contributed by atoms with Gasteiger partial charge in [-0.25, -0.2) is 9.37 Å². The first-order chi connectivity index (χ1) is 9.63. The van der Waals surface area contributed by atoms with Gasteiger partial charge in [0.1, 0.15) is 5.82 Å². The van der Waals surface area contributed by atoms with Crippen molar-refractivity contribution < 1.29 is 9.18 Å². The molecule has 1 heterocycles. The predicted molar refractivity (Wildman–Crippen MR) is 78.7 cm³/mol. The fraction of sp³-hybridized carbons (Fsp3) is 0.0667. The van der Waals surface area contributed by atoms with E-state index in [1.54, 1.807) is 6.07 Å². The van der Waals surface area contributed by atoms with E-state index in [4.69, 9.17) is 0 Å². The molecule has 3 aromatic rings. The molecule has 0 aliphatic heterocycles. The molecule has 100 valence electrons. The Hall–Kier alpha value is -2.27. The molecule has 0 unspecified atom stereocenters. The number of hydrogen-bond donors (Lipinski definition) is 1. The zero-order chi connectivity index (χ0) is 14.1. The number of halogens is 1. The van der Waals surface area contributed by atoms with E-state index in [2.05, 4.69) is 10.3 Å². The van der Waals surface area contributed by atoms with Crippen molar-refractivity contribution in [3.63, 3.8) is 0 Å². The highest BCUT2D eigenvalue weighted by Gasteiger charge is 2.14. The number of amides is 1. The van der Waals surface area contributed by atoms with E-state index < -0.39 is 11.7 Å². The second-order valence-electron chi connectivity index (χ2n) is 4.42. The fourth-order valence-corrected chi connectivity index (χ4v) is 2.76. The highest BCUT2D eigenvalue weighted by Crippen LogP contribution is 2.26. The third-order valence-electron chi connectivity index (χ3n) is 2.88. The molecule has 0 atom stereocenters. The number of hydrogen-bond acceptors (Lipinski definition) is 3. The van der Waals surface area contributed by atoms with Crippen molar-refractivity contribution in [1.29, 1.82) is 0 Å². The highest BCUT2D eigenvalue weighted by atomic mass is 32.1. The van der Waals surface area contributed by atoms with Crippen molar-refractivity contribution in [2.45, 2.75) is 6.92 Å². The predicted octanol–water partition coefficient (Wildman–Crippen LogP) is 4.00. The number of carbonyl (C=O) groups is 1. The molecule has 1 amide bonds. The first kappa shape index (κ1) is 12.7. The van der Waals surface area contributed by atoms with Gasteiger partial charge in [0.05, 0.1) is 15.8 Å². The fourth-order valence-electron chi connectivity index (χ4n) is 1.90. The molecule has 0 fully saturated rings. The first-order valence-electron chi connectivity index (χ1n) is 6.06. The Balaban J connectivity index is 1.90. The van der Waals surface area contributed by atoms with Crippen LogP contribution in [0.4, 0.5) is 9.52 Å². The summed E-state index contributed by atoms with van der Waals surface area (Å²) in [5.74, 6) is -1.01. The van der Waals surface area contributed by atoms with Gasteiger partial charge in [0, 0.05) is 0 Å². The van der Waals surface area contributed by atoms with E-state index in [9.17, 15) is 9.18 Å². The number of benzene rings is 2. The van der Waals surface area contributed by atoms with Crippen molar-refractivity contribution in [3.05, 3.63) is 59.4 Å². The molecular weight excluding hydrogens is 275 g/mol. The summed E-state index contributed by atoms with van der Waals surface area (Å²) < 4.78 is 14.6. The average Bonchev–Trinajstić information content (AvgIpc) is 2.83. The van der Waals surface area contributed by atoms with E-state index >= 15 is 0 Å². The number of nitrogens with one attached hydrogen (secondary N) is 1. The van der Waals surface area contributed by atoms with Crippen LogP contribution in [0.25, 0.3) is 10.2 Å². The van der Waals surface area contributed by atoms with Crippen LogP contribution in [-0.2, 0) is 0 Å². The molecule has 0 spiro atoms.